The summed E-state index contributed by atoms with van der Waals surface area (Å²) < 4.78 is 2.43. The van der Waals surface area contributed by atoms with E-state index in [0.29, 0.717) is 0 Å². The number of nitrogens with zero attached hydrogens (tertiary/aromatic N) is 2. The largest absolute Gasteiger partial charge is 0.341 e. The Kier molecular flexibility index (Phi) is 6.08. The summed E-state index contributed by atoms with van der Waals surface area (Å²) in [6, 6.07) is 58.6. The summed E-state index contributed by atoms with van der Waals surface area (Å²) in [4.78, 5) is 2.53. The van der Waals surface area contributed by atoms with E-state index in [2.05, 4.69) is 181 Å². The van der Waals surface area contributed by atoms with Crippen LogP contribution < -0.4 is 4.90 Å². The number of rotatable bonds is 2. The highest BCUT2D eigenvalue weighted by Gasteiger charge is 2.34. The van der Waals surface area contributed by atoms with Crippen molar-refractivity contribution in [1.82, 2.24) is 4.57 Å². The topological polar surface area (TPSA) is 8.17 Å². The number of para-hydroxylation sites is 3. The van der Waals surface area contributed by atoms with Gasteiger partial charge in [-0.2, -0.15) is 0 Å². The van der Waals surface area contributed by atoms with Gasteiger partial charge in [-0.1, -0.05) is 123 Å². The molecule has 0 saturated carbocycles. The van der Waals surface area contributed by atoms with Crippen LogP contribution in [-0.4, -0.2) is 11.1 Å². The first-order valence-corrected chi connectivity index (χ1v) is 17.4. The molecule has 0 spiro atoms. The molecule has 0 fully saturated rings. The van der Waals surface area contributed by atoms with Crippen molar-refractivity contribution in [3.8, 4) is 50.2 Å². The average molecular weight is 629 g/mol. The predicted molar refractivity (Wildman–Crippen MR) is 207 cm³/mol. The Morgan fingerprint density at radius 2 is 0.918 bits per heavy atom. The van der Waals surface area contributed by atoms with E-state index in [1.165, 1.54) is 88.9 Å². The molecule has 2 heterocycles. The van der Waals surface area contributed by atoms with Gasteiger partial charge in [0.05, 0.1) is 11.0 Å². The molecule has 10 rings (SSSR count). The van der Waals surface area contributed by atoms with Crippen molar-refractivity contribution in [3.05, 3.63) is 163 Å². The Morgan fingerprint density at radius 3 is 1.55 bits per heavy atom. The summed E-state index contributed by atoms with van der Waals surface area (Å²) in [6.07, 6.45) is 1.10. The highest BCUT2D eigenvalue weighted by Crippen LogP contribution is 2.53. The van der Waals surface area contributed by atoms with Crippen molar-refractivity contribution >= 4 is 33.2 Å². The molecule has 0 N–H and O–H groups in total. The molecule has 0 amide bonds. The van der Waals surface area contributed by atoms with Crippen LogP contribution in [0.25, 0.3) is 72.0 Å². The average Bonchev–Trinajstić information content (AvgIpc) is 3.48. The van der Waals surface area contributed by atoms with Crippen molar-refractivity contribution in [1.29, 1.82) is 0 Å². The predicted octanol–water partition coefficient (Wildman–Crippen LogP) is 12.6. The fourth-order valence-electron chi connectivity index (χ4n) is 8.56. The molecular weight excluding hydrogens is 593 g/mol. The van der Waals surface area contributed by atoms with Gasteiger partial charge >= 0.3 is 0 Å². The lowest BCUT2D eigenvalue weighted by Crippen LogP contribution is -2.34. The molecule has 0 atom stereocenters. The first kappa shape index (κ1) is 28.2. The van der Waals surface area contributed by atoms with Crippen LogP contribution >= 0.6 is 0 Å². The highest BCUT2D eigenvalue weighted by molar-refractivity contribution is 6.10. The summed E-state index contributed by atoms with van der Waals surface area (Å²) in [7, 11) is 0. The fraction of sp³-hybridized carbons (Fsp3) is 0.106. The van der Waals surface area contributed by atoms with Crippen LogP contribution in [0.1, 0.15) is 25.8 Å². The maximum absolute atomic E-state index is 2.53. The number of hydrogen-bond donors (Lipinski definition) is 0. The Morgan fingerprint density at radius 1 is 0.429 bits per heavy atom. The van der Waals surface area contributed by atoms with Crippen molar-refractivity contribution in [2.45, 2.75) is 25.7 Å². The maximum Gasteiger partial charge on any atom is 0.0541 e. The molecule has 8 aromatic rings. The molecule has 49 heavy (non-hydrogen) atoms. The van der Waals surface area contributed by atoms with E-state index < -0.39 is 0 Å². The fourth-order valence-corrected chi connectivity index (χ4v) is 8.56. The summed E-state index contributed by atoms with van der Waals surface area (Å²) in [5.74, 6) is 0. The number of benzene rings is 7. The van der Waals surface area contributed by atoms with Gasteiger partial charge < -0.3 is 9.47 Å². The molecule has 1 aliphatic carbocycles. The van der Waals surface area contributed by atoms with Crippen LogP contribution in [0, 0.1) is 0 Å². The highest BCUT2D eigenvalue weighted by atomic mass is 15.1. The minimum atomic E-state index is 0.0571. The summed E-state index contributed by atoms with van der Waals surface area (Å²) in [6.45, 7) is 5.82. The maximum atomic E-state index is 2.53. The van der Waals surface area contributed by atoms with E-state index in [0.717, 1.165) is 13.0 Å². The van der Waals surface area contributed by atoms with Gasteiger partial charge in [0.25, 0.3) is 0 Å². The van der Waals surface area contributed by atoms with Crippen molar-refractivity contribution in [2.24, 2.45) is 0 Å². The molecule has 0 radical (unpaired) electrons. The van der Waals surface area contributed by atoms with Gasteiger partial charge in [-0.05, 0) is 110 Å². The van der Waals surface area contributed by atoms with Gasteiger partial charge in [-0.15, -0.1) is 0 Å². The van der Waals surface area contributed by atoms with Crippen molar-refractivity contribution in [2.75, 3.05) is 11.4 Å². The number of anilines is 2. The summed E-state index contributed by atoms with van der Waals surface area (Å²) >= 11 is 0. The van der Waals surface area contributed by atoms with E-state index in [9.17, 15) is 0 Å². The van der Waals surface area contributed by atoms with E-state index in [1.54, 1.807) is 0 Å². The SMILES string of the molecule is CC1(C)CCN(c2ccccc2)c2cc3c(cc21)-c1ccccc1-c1ccc(-n2c4ccccc4c4ccccc42)cc1-c1ccccc1-3. The van der Waals surface area contributed by atoms with E-state index in [4.69, 9.17) is 0 Å². The third-order valence-electron chi connectivity index (χ3n) is 11.0. The van der Waals surface area contributed by atoms with E-state index in [-0.39, 0.29) is 5.41 Å². The van der Waals surface area contributed by atoms with Crippen LogP contribution in [0.2, 0.25) is 0 Å². The van der Waals surface area contributed by atoms with Crippen LogP contribution in [0.5, 0.6) is 0 Å². The molecule has 2 heteroatoms. The zero-order valence-electron chi connectivity index (χ0n) is 27.8. The molecule has 1 aromatic heterocycles. The lowest BCUT2D eigenvalue weighted by Gasteiger charge is -2.41. The quantitative estimate of drug-likeness (QED) is 0.185. The molecule has 7 aromatic carbocycles. The van der Waals surface area contributed by atoms with Gasteiger partial charge in [0, 0.05) is 34.4 Å². The number of aromatic nitrogens is 1. The summed E-state index contributed by atoms with van der Waals surface area (Å²) in [5, 5.41) is 2.56. The standard InChI is InChI=1S/C47H36N2/c1-47(2)26-27-48(31-14-4-3-5-15-31)46-30-42-36-19-9-8-18-35(36)40-28-32(49-44-22-12-10-20-38(44)39-21-11-13-23-45(39)49)24-25-37(40)33-16-6-7-17-34(33)41(42)29-43(46)47/h3-25,28-30H,26-27H2,1-2H3. The minimum absolute atomic E-state index is 0.0571. The normalized spacial score (nSPS) is 14.3. The third kappa shape index (κ3) is 4.20. The molecule has 0 bridgehead atoms. The van der Waals surface area contributed by atoms with Crippen molar-refractivity contribution < 1.29 is 0 Å². The molecule has 234 valence electrons. The second-order valence-electron chi connectivity index (χ2n) is 14.2. The molecule has 2 aliphatic rings. The third-order valence-corrected chi connectivity index (χ3v) is 11.0. The van der Waals surface area contributed by atoms with E-state index >= 15 is 0 Å². The Bertz CT molecular complexity index is 2530. The lowest BCUT2D eigenvalue weighted by molar-refractivity contribution is 0.467. The smallest absolute Gasteiger partial charge is 0.0541 e. The molecule has 0 saturated heterocycles. The Labute approximate surface area is 287 Å². The number of hydrogen-bond acceptors (Lipinski definition) is 1. The van der Waals surface area contributed by atoms with Crippen LogP contribution in [-0.2, 0) is 5.41 Å². The first-order valence-electron chi connectivity index (χ1n) is 17.4. The van der Waals surface area contributed by atoms with Crippen LogP contribution in [0.15, 0.2) is 158 Å². The van der Waals surface area contributed by atoms with Gasteiger partial charge in [0.15, 0.2) is 0 Å². The van der Waals surface area contributed by atoms with Gasteiger partial charge in [0.1, 0.15) is 0 Å². The molecule has 2 nitrogen and oxygen atoms in total. The molecular formula is C47H36N2. The van der Waals surface area contributed by atoms with Crippen LogP contribution in [0.4, 0.5) is 11.4 Å². The zero-order chi connectivity index (χ0) is 32.7. The Balaban J connectivity index is 1.27. The van der Waals surface area contributed by atoms with Gasteiger partial charge in [0.2, 0.25) is 0 Å². The second-order valence-corrected chi connectivity index (χ2v) is 14.2. The number of fused-ring (bicyclic) bond motifs is 12. The van der Waals surface area contributed by atoms with Crippen LogP contribution in [0.3, 0.4) is 0 Å². The summed E-state index contributed by atoms with van der Waals surface area (Å²) in [5.41, 5.74) is 17.9. The van der Waals surface area contributed by atoms with Gasteiger partial charge in [-0.25, -0.2) is 0 Å². The first-order chi connectivity index (χ1) is 24.1. The monoisotopic (exact) mass is 628 g/mol. The lowest BCUT2D eigenvalue weighted by atomic mass is 9.73. The second kappa shape index (κ2) is 10.6. The minimum Gasteiger partial charge on any atom is -0.341 e. The van der Waals surface area contributed by atoms with E-state index in [1.807, 2.05) is 0 Å². The molecule has 0 unspecified atom stereocenters. The van der Waals surface area contributed by atoms with Crippen molar-refractivity contribution in [3.63, 3.8) is 0 Å². The molecule has 1 aliphatic heterocycles. The van der Waals surface area contributed by atoms with Gasteiger partial charge in [-0.3, -0.25) is 0 Å². The zero-order valence-corrected chi connectivity index (χ0v) is 27.8. The Hall–Kier alpha value is -5.86.